The average Bonchev–Trinajstić information content (AvgIpc) is 2.14. The van der Waals surface area contributed by atoms with Gasteiger partial charge in [-0.3, -0.25) is 0 Å². The monoisotopic (exact) mass is 213 g/mol. The number of hydrogen-bond acceptors (Lipinski definition) is 3. The second-order valence-corrected chi connectivity index (χ2v) is 4.29. The fourth-order valence-corrected chi connectivity index (χ4v) is 1.52. The summed E-state index contributed by atoms with van der Waals surface area (Å²) in [7, 11) is -4.42. The lowest BCUT2D eigenvalue weighted by atomic mass is 10.1. The number of halogens is 1. The maximum absolute atomic E-state index is 12.2. The Bertz CT molecular complexity index is 462. The molecule has 0 bridgehead atoms. The lowest BCUT2D eigenvalue weighted by Crippen LogP contribution is -2.02. The van der Waals surface area contributed by atoms with Crippen LogP contribution in [-0.2, 0) is 16.6 Å². The third-order valence-corrected chi connectivity index (χ3v) is 2.38. The minimum Gasteiger partial charge on any atom is -0.195 e. The first-order chi connectivity index (χ1) is 6.51. The van der Waals surface area contributed by atoms with Crippen LogP contribution in [-0.4, -0.2) is 14.2 Å². The smallest absolute Gasteiger partial charge is 0.195 e. The molecule has 5 heteroatoms. The molecule has 0 radical (unpaired) electrons. The van der Waals surface area contributed by atoms with Crippen molar-refractivity contribution in [3.8, 4) is 6.07 Å². The third kappa shape index (κ3) is 3.54. The molecule has 1 rings (SSSR count). The van der Waals surface area contributed by atoms with E-state index in [-0.39, 0.29) is 6.42 Å². The van der Waals surface area contributed by atoms with Gasteiger partial charge in [-0.2, -0.15) is 13.7 Å². The summed E-state index contributed by atoms with van der Waals surface area (Å²) in [5.74, 6) is -0.540. The van der Waals surface area contributed by atoms with Crippen molar-refractivity contribution in [3.05, 3.63) is 35.4 Å². The van der Waals surface area contributed by atoms with E-state index in [1.165, 1.54) is 0 Å². The van der Waals surface area contributed by atoms with Gasteiger partial charge in [0, 0.05) is 0 Å². The minimum atomic E-state index is -4.42. The molecule has 0 saturated carbocycles. The van der Waals surface area contributed by atoms with Gasteiger partial charge in [0.05, 0.1) is 17.4 Å². The summed E-state index contributed by atoms with van der Waals surface area (Å²) < 4.78 is 32.6. The van der Waals surface area contributed by atoms with Crippen LogP contribution in [0.5, 0.6) is 0 Å². The lowest BCUT2D eigenvalue weighted by Gasteiger charge is -1.98. The third-order valence-electron chi connectivity index (χ3n) is 1.69. The van der Waals surface area contributed by atoms with Crippen LogP contribution in [0.4, 0.5) is 3.89 Å². The molecular weight excluding hydrogens is 205 g/mol. The van der Waals surface area contributed by atoms with Crippen LogP contribution in [0.3, 0.4) is 0 Å². The second-order valence-electron chi connectivity index (χ2n) is 2.81. The summed E-state index contributed by atoms with van der Waals surface area (Å²) in [6.07, 6.45) is 0.0916. The van der Waals surface area contributed by atoms with Crippen LogP contribution in [0, 0.1) is 11.3 Å². The van der Waals surface area contributed by atoms with Crippen LogP contribution in [0.2, 0.25) is 0 Å². The highest BCUT2D eigenvalue weighted by Gasteiger charge is 2.07. The van der Waals surface area contributed by atoms with Gasteiger partial charge in [-0.25, -0.2) is 0 Å². The van der Waals surface area contributed by atoms with Gasteiger partial charge < -0.3 is 0 Å². The quantitative estimate of drug-likeness (QED) is 0.713. The number of benzene rings is 1. The molecule has 1 aromatic rings. The summed E-state index contributed by atoms with van der Waals surface area (Å²) in [4.78, 5) is 0. The molecular formula is C9H8FNO2S. The summed E-state index contributed by atoms with van der Waals surface area (Å²) in [5, 5.41) is 8.55. The van der Waals surface area contributed by atoms with E-state index in [4.69, 9.17) is 5.26 Å². The number of rotatable bonds is 3. The van der Waals surface area contributed by atoms with Gasteiger partial charge in [-0.1, -0.05) is 12.1 Å². The van der Waals surface area contributed by atoms with Crippen molar-refractivity contribution < 1.29 is 12.3 Å². The van der Waals surface area contributed by atoms with Crippen LogP contribution >= 0.6 is 0 Å². The fourth-order valence-electron chi connectivity index (χ4n) is 1.04. The average molecular weight is 213 g/mol. The van der Waals surface area contributed by atoms with Crippen molar-refractivity contribution in [1.82, 2.24) is 0 Å². The highest BCUT2D eigenvalue weighted by atomic mass is 32.3. The van der Waals surface area contributed by atoms with Gasteiger partial charge in [-0.05, 0) is 24.1 Å². The molecule has 74 valence electrons. The highest BCUT2D eigenvalue weighted by Crippen LogP contribution is 2.06. The largest absolute Gasteiger partial charge is 0.302 e. The predicted octanol–water partition coefficient (Wildman–Crippen LogP) is 1.40. The van der Waals surface area contributed by atoms with Gasteiger partial charge >= 0.3 is 10.2 Å². The first-order valence-electron chi connectivity index (χ1n) is 3.92. The van der Waals surface area contributed by atoms with E-state index < -0.39 is 16.0 Å². The van der Waals surface area contributed by atoms with E-state index in [1.54, 1.807) is 24.3 Å². The maximum Gasteiger partial charge on any atom is 0.302 e. The Morgan fingerprint density at radius 1 is 1.43 bits per heavy atom. The Labute approximate surface area is 82.0 Å². The van der Waals surface area contributed by atoms with E-state index in [2.05, 4.69) is 0 Å². The van der Waals surface area contributed by atoms with E-state index in [1.807, 2.05) is 6.07 Å². The first kappa shape index (κ1) is 10.7. The van der Waals surface area contributed by atoms with Crippen LogP contribution < -0.4 is 0 Å². The Hall–Kier alpha value is -1.41. The second kappa shape index (κ2) is 4.20. The van der Waals surface area contributed by atoms with Crippen molar-refractivity contribution in [2.45, 2.75) is 6.42 Å². The Morgan fingerprint density at radius 2 is 2.14 bits per heavy atom. The molecule has 3 nitrogen and oxygen atoms in total. The summed E-state index contributed by atoms with van der Waals surface area (Å²) in [6, 6.07) is 8.37. The first-order valence-corrected chi connectivity index (χ1v) is 5.48. The van der Waals surface area contributed by atoms with Gasteiger partial charge in [0.2, 0.25) is 0 Å². The van der Waals surface area contributed by atoms with Crippen molar-refractivity contribution in [3.63, 3.8) is 0 Å². The van der Waals surface area contributed by atoms with E-state index in [9.17, 15) is 12.3 Å². The summed E-state index contributed by atoms with van der Waals surface area (Å²) in [5.41, 5.74) is 1.09. The maximum atomic E-state index is 12.2. The minimum absolute atomic E-state index is 0.0916. The molecule has 0 aromatic heterocycles. The van der Waals surface area contributed by atoms with E-state index in [0.717, 1.165) is 0 Å². The van der Waals surface area contributed by atoms with Crippen molar-refractivity contribution in [2.24, 2.45) is 0 Å². The van der Waals surface area contributed by atoms with Gasteiger partial charge in [-0.15, -0.1) is 3.89 Å². The zero-order chi connectivity index (χ0) is 10.6. The molecule has 0 atom stereocenters. The number of hydrogen-bond donors (Lipinski definition) is 0. The van der Waals surface area contributed by atoms with E-state index >= 15 is 0 Å². The molecule has 0 aliphatic heterocycles. The Morgan fingerprint density at radius 3 is 2.71 bits per heavy atom. The predicted molar refractivity (Wildman–Crippen MR) is 49.8 cm³/mol. The lowest BCUT2D eigenvalue weighted by molar-refractivity contribution is 0.551. The zero-order valence-corrected chi connectivity index (χ0v) is 8.09. The van der Waals surface area contributed by atoms with Gasteiger partial charge in [0.1, 0.15) is 0 Å². The molecule has 0 unspecified atom stereocenters. The fraction of sp³-hybridized carbons (Fsp3) is 0.222. The SMILES string of the molecule is N#Cc1cccc(CCS(=O)(=O)F)c1. The molecule has 0 aliphatic rings. The van der Waals surface area contributed by atoms with Crippen LogP contribution in [0.1, 0.15) is 11.1 Å². The van der Waals surface area contributed by atoms with Gasteiger partial charge in [0.15, 0.2) is 0 Å². The number of nitriles is 1. The molecule has 0 saturated heterocycles. The Kier molecular flexibility index (Phi) is 3.20. The van der Waals surface area contributed by atoms with Crippen LogP contribution in [0.25, 0.3) is 0 Å². The van der Waals surface area contributed by atoms with Gasteiger partial charge in [0.25, 0.3) is 0 Å². The van der Waals surface area contributed by atoms with Crippen LogP contribution in [0.15, 0.2) is 24.3 Å². The summed E-state index contributed by atoms with van der Waals surface area (Å²) in [6.45, 7) is 0. The number of nitrogens with zero attached hydrogens (tertiary/aromatic N) is 1. The normalized spacial score (nSPS) is 10.9. The van der Waals surface area contributed by atoms with E-state index in [0.29, 0.717) is 11.1 Å². The molecule has 0 spiro atoms. The molecule has 0 fully saturated rings. The standard InChI is InChI=1S/C9H8FNO2S/c10-14(12,13)5-4-8-2-1-3-9(6-8)7-11/h1-3,6H,4-5H2. The summed E-state index contributed by atoms with van der Waals surface area (Å²) >= 11 is 0. The molecule has 0 aliphatic carbocycles. The molecule has 0 heterocycles. The number of aryl methyl sites for hydroxylation is 1. The topological polar surface area (TPSA) is 57.9 Å². The van der Waals surface area contributed by atoms with Crippen molar-refractivity contribution in [1.29, 1.82) is 5.26 Å². The van der Waals surface area contributed by atoms with Crippen molar-refractivity contribution >= 4 is 10.2 Å². The highest BCUT2D eigenvalue weighted by molar-refractivity contribution is 7.86. The molecule has 1 aromatic carbocycles. The Balaban J connectivity index is 2.74. The molecule has 0 amide bonds. The molecule has 14 heavy (non-hydrogen) atoms. The molecule has 0 N–H and O–H groups in total. The van der Waals surface area contributed by atoms with Crippen molar-refractivity contribution in [2.75, 3.05) is 5.75 Å². The zero-order valence-electron chi connectivity index (χ0n) is 7.27.